The number of nitrogens with one attached hydrogen (secondary N) is 1. The molecule has 1 unspecified atom stereocenters. The summed E-state index contributed by atoms with van der Waals surface area (Å²) in [5.41, 5.74) is 7.13. The molecule has 0 bridgehead atoms. The van der Waals surface area contributed by atoms with Gasteiger partial charge in [-0.05, 0) is 36.5 Å². The first kappa shape index (κ1) is 23.8. The van der Waals surface area contributed by atoms with Crippen LogP contribution in [0.15, 0.2) is 23.1 Å². The number of likely N-dealkylation sites (tertiary alicyclic amines) is 1. The van der Waals surface area contributed by atoms with E-state index in [2.05, 4.69) is 4.72 Å². The SMILES string of the molecule is COCCNS(=O)(=O)c1ccc(C)c(C(=O)N2CCC(N)C(C)(C)C2)c1.Cl. The number of halogens is 1. The zero-order valence-electron chi connectivity index (χ0n) is 16.3. The number of carbonyl (C=O) groups is 1. The summed E-state index contributed by atoms with van der Waals surface area (Å²) in [7, 11) is -2.19. The minimum absolute atomic E-state index is 0. The van der Waals surface area contributed by atoms with E-state index in [4.69, 9.17) is 10.5 Å². The van der Waals surface area contributed by atoms with E-state index >= 15 is 0 Å². The molecular formula is C18H30ClN3O4S. The van der Waals surface area contributed by atoms with Gasteiger partial charge in [-0.25, -0.2) is 13.1 Å². The van der Waals surface area contributed by atoms with Crippen LogP contribution in [0.2, 0.25) is 0 Å². The Hall–Kier alpha value is -1.19. The lowest BCUT2D eigenvalue weighted by Crippen LogP contribution is -2.54. The molecule has 1 atom stereocenters. The van der Waals surface area contributed by atoms with E-state index in [0.29, 0.717) is 18.7 Å². The lowest BCUT2D eigenvalue weighted by atomic mass is 9.79. The average Bonchev–Trinajstić information content (AvgIpc) is 2.57. The molecule has 2 rings (SSSR count). The molecule has 1 amide bonds. The quantitative estimate of drug-likeness (QED) is 0.681. The smallest absolute Gasteiger partial charge is 0.254 e. The molecule has 1 aromatic carbocycles. The Balaban J connectivity index is 0.00000364. The van der Waals surface area contributed by atoms with Crippen molar-refractivity contribution >= 4 is 28.3 Å². The molecule has 1 fully saturated rings. The standard InChI is InChI=1S/C18H29N3O4S.ClH/c1-13-5-6-14(26(23,24)20-8-10-25-4)11-15(13)17(22)21-9-7-16(19)18(2,3)12-21;/h5-6,11,16,20H,7-10,12,19H2,1-4H3;1H. The van der Waals surface area contributed by atoms with Crippen molar-refractivity contribution in [3.8, 4) is 0 Å². The van der Waals surface area contributed by atoms with Gasteiger partial charge in [0.15, 0.2) is 0 Å². The third-order valence-corrected chi connectivity index (χ3v) is 6.41. The van der Waals surface area contributed by atoms with Gasteiger partial charge in [0.2, 0.25) is 10.0 Å². The molecule has 0 spiro atoms. The Morgan fingerprint density at radius 2 is 2.07 bits per heavy atom. The number of benzene rings is 1. The first-order chi connectivity index (χ1) is 12.1. The monoisotopic (exact) mass is 419 g/mol. The zero-order chi connectivity index (χ0) is 19.5. The van der Waals surface area contributed by atoms with Crippen molar-refractivity contribution in [3.05, 3.63) is 29.3 Å². The van der Waals surface area contributed by atoms with E-state index in [0.717, 1.165) is 12.0 Å². The first-order valence-corrected chi connectivity index (χ1v) is 10.2. The number of rotatable bonds is 6. The van der Waals surface area contributed by atoms with Crippen molar-refractivity contribution in [2.75, 3.05) is 33.4 Å². The molecule has 27 heavy (non-hydrogen) atoms. The highest BCUT2D eigenvalue weighted by Crippen LogP contribution is 2.29. The topological polar surface area (TPSA) is 102 Å². The Morgan fingerprint density at radius 3 is 2.67 bits per heavy atom. The first-order valence-electron chi connectivity index (χ1n) is 8.72. The second kappa shape index (κ2) is 9.34. The van der Waals surface area contributed by atoms with Gasteiger partial charge in [0, 0.05) is 38.3 Å². The number of amides is 1. The second-order valence-electron chi connectivity index (χ2n) is 7.48. The van der Waals surface area contributed by atoms with Gasteiger partial charge in [-0.15, -0.1) is 12.4 Å². The number of sulfonamides is 1. The van der Waals surface area contributed by atoms with Crippen molar-refractivity contribution in [1.29, 1.82) is 0 Å². The normalized spacial score (nSPS) is 19.4. The van der Waals surface area contributed by atoms with Crippen LogP contribution in [0.3, 0.4) is 0 Å². The van der Waals surface area contributed by atoms with Gasteiger partial charge in [-0.1, -0.05) is 19.9 Å². The molecule has 1 saturated heterocycles. The maximum Gasteiger partial charge on any atom is 0.254 e. The summed E-state index contributed by atoms with van der Waals surface area (Å²) in [6, 6.07) is 4.68. The van der Waals surface area contributed by atoms with Crippen LogP contribution in [0.25, 0.3) is 0 Å². The van der Waals surface area contributed by atoms with E-state index in [9.17, 15) is 13.2 Å². The third kappa shape index (κ3) is 5.65. The van der Waals surface area contributed by atoms with Crippen LogP contribution in [0.1, 0.15) is 36.2 Å². The van der Waals surface area contributed by atoms with Crippen LogP contribution in [0, 0.1) is 12.3 Å². The van der Waals surface area contributed by atoms with Crippen molar-refractivity contribution < 1.29 is 17.9 Å². The third-order valence-electron chi connectivity index (χ3n) is 4.95. The largest absolute Gasteiger partial charge is 0.383 e. The van der Waals surface area contributed by atoms with Gasteiger partial charge in [0.25, 0.3) is 5.91 Å². The predicted molar refractivity (Wildman–Crippen MR) is 108 cm³/mol. The van der Waals surface area contributed by atoms with Gasteiger partial charge in [0.1, 0.15) is 0 Å². The average molecular weight is 420 g/mol. The van der Waals surface area contributed by atoms with Gasteiger partial charge in [-0.2, -0.15) is 0 Å². The molecule has 0 saturated carbocycles. The minimum Gasteiger partial charge on any atom is -0.383 e. The molecule has 1 heterocycles. The number of hydrogen-bond donors (Lipinski definition) is 2. The van der Waals surface area contributed by atoms with Crippen LogP contribution >= 0.6 is 12.4 Å². The Morgan fingerprint density at radius 1 is 1.41 bits per heavy atom. The van der Waals surface area contributed by atoms with Gasteiger partial charge >= 0.3 is 0 Å². The summed E-state index contributed by atoms with van der Waals surface area (Å²) < 4.78 is 32.1. The fourth-order valence-electron chi connectivity index (χ4n) is 3.08. The number of nitrogens with two attached hydrogens (primary N) is 1. The molecule has 1 aromatic rings. The summed E-state index contributed by atoms with van der Waals surface area (Å²) in [5.74, 6) is -0.156. The molecular weight excluding hydrogens is 390 g/mol. The van der Waals surface area contributed by atoms with Crippen LogP contribution < -0.4 is 10.5 Å². The van der Waals surface area contributed by atoms with Crippen LogP contribution in [-0.2, 0) is 14.8 Å². The number of piperidine rings is 1. The van der Waals surface area contributed by atoms with Crippen molar-refractivity contribution in [2.24, 2.45) is 11.1 Å². The number of ether oxygens (including phenoxy) is 1. The number of hydrogen-bond acceptors (Lipinski definition) is 5. The molecule has 154 valence electrons. The van der Waals surface area contributed by atoms with E-state index in [-0.39, 0.29) is 47.8 Å². The highest BCUT2D eigenvalue weighted by atomic mass is 35.5. The van der Waals surface area contributed by atoms with E-state index in [1.807, 2.05) is 20.8 Å². The summed E-state index contributed by atoms with van der Waals surface area (Å²) >= 11 is 0. The van der Waals surface area contributed by atoms with E-state index in [1.54, 1.807) is 11.0 Å². The molecule has 0 aromatic heterocycles. The molecule has 1 aliphatic heterocycles. The van der Waals surface area contributed by atoms with Crippen LogP contribution in [-0.4, -0.2) is 58.6 Å². The van der Waals surface area contributed by atoms with Crippen LogP contribution in [0.5, 0.6) is 0 Å². The Bertz CT molecular complexity index is 768. The molecule has 3 N–H and O–H groups in total. The van der Waals surface area contributed by atoms with Crippen LogP contribution in [0.4, 0.5) is 0 Å². The number of methoxy groups -OCH3 is 1. The van der Waals surface area contributed by atoms with Gasteiger partial charge in [0.05, 0.1) is 11.5 Å². The Labute approximate surface area is 168 Å². The van der Waals surface area contributed by atoms with Crippen molar-refractivity contribution in [2.45, 2.75) is 38.1 Å². The summed E-state index contributed by atoms with van der Waals surface area (Å²) in [5, 5.41) is 0. The molecule has 1 aliphatic rings. The minimum atomic E-state index is -3.69. The fraction of sp³-hybridized carbons (Fsp3) is 0.611. The van der Waals surface area contributed by atoms with Crippen molar-refractivity contribution in [1.82, 2.24) is 9.62 Å². The molecule has 7 nitrogen and oxygen atoms in total. The molecule has 0 aliphatic carbocycles. The highest BCUT2D eigenvalue weighted by Gasteiger charge is 2.36. The zero-order valence-corrected chi connectivity index (χ0v) is 18.0. The lowest BCUT2D eigenvalue weighted by molar-refractivity contribution is 0.0532. The molecule has 0 radical (unpaired) electrons. The summed E-state index contributed by atoms with van der Waals surface area (Å²) in [6.07, 6.45) is 0.731. The summed E-state index contributed by atoms with van der Waals surface area (Å²) in [6.45, 7) is 7.48. The fourth-order valence-corrected chi connectivity index (χ4v) is 4.12. The number of aryl methyl sites for hydroxylation is 1. The number of carbonyl (C=O) groups excluding carboxylic acids is 1. The van der Waals surface area contributed by atoms with Crippen molar-refractivity contribution in [3.63, 3.8) is 0 Å². The van der Waals surface area contributed by atoms with E-state index in [1.165, 1.54) is 19.2 Å². The molecule has 9 heteroatoms. The van der Waals surface area contributed by atoms with E-state index < -0.39 is 10.0 Å². The summed E-state index contributed by atoms with van der Waals surface area (Å²) in [4.78, 5) is 14.8. The highest BCUT2D eigenvalue weighted by molar-refractivity contribution is 7.89. The number of nitrogens with zero attached hydrogens (tertiary/aromatic N) is 1. The lowest BCUT2D eigenvalue weighted by Gasteiger charge is -2.42. The van der Waals surface area contributed by atoms with Gasteiger partial charge in [-0.3, -0.25) is 4.79 Å². The maximum absolute atomic E-state index is 13.0. The van der Waals surface area contributed by atoms with Gasteiger partial charge < -0.3 is 15.4 Å². The second-order valence-corrected chi connectivity index (χ2v) is 9.24. The maximum atomic E-state index is 13.0. The predicted octanol–water partition coefficient (Wildman–Crippen LogP) is 1.54. The Kier molecular flexibility index (Phi) is 8.25.